The van der Waals surface area contributed by atoms with Gasteiger partial charge in [-0.3, -0.25) is 0 Å². The Morgan fingerprint density at radius 1 is 1.05 bits per heavy atom. The zero-order valence-electron chi connectivity index (χ0n) is 10.9. The molecule has 0 aromatic heterocycles. The number of hydrogen-bond acceptors (Lipinski definition) is 2. The van der Waals surface area contributed by atoms with Crippen LogP contribution in [0.1, 0.15) is 11.5 Å². The van der Waals surface area contributed by atoms with Crippen molar-refractivity contribution in [1.82, 2.24) is 0 Å². The molecule has 0 N–H and O–H groups in total. The van der Waals surface area contributed by atoms with E-state index in [1.807, 2.05) is 18.2 Å². The second kappa shape index (κ2) is 7.61. The minimum absolute atomic E-state index is 0.376. The number of rotatable bonds is 6. The number of thioether (sulfide) groups is 1. The SMILES string of the molecule is CSc1ccc(OCC(CBr)c2ccccc2)cc1. The zero-order valence-corrected chi connectivity index (χ0v) is 13.3. The Morgan fingerprint density at radius 2 is 1.74 bits per heavy atom. The molecule has 0 radical (unpaired) electrons. The minimum atomic E-state index is 0.376. The predicted molar refractivity (Wildman–Crippen MR) is 86.7 cm³/mol. The summed E-state index contributed by atoms with van der Waals surface area (Å²) in [4.78, 5) is 1.26. The van der Waals surface area contributed by atoms with Gasteiger partial charge >= 0.3 is 0 Å². The van der Waals surface area contributed by atoms with E-state index in [4.69, 9.17) is 4.74 Å². The van der Waals surface area contributed by atoms with Gasteiger partial charge in [0.2, 0.25) is 0 Å². The molecular weight excluding hydrogens is 320 g/mol. The maximum Gasteiger partial charge on any atom is 0.119 e. The van der Waals surface area contributed by atoms with E-state index in [0.29, 0.717) is 12.5 Å². The summed E-state index contributed by atoms with van der Waals surface area (Å²) in [5.74, 6) is 1.31. The van der Waals surface area contributed by atoms with Crippen molar-refractivity contribution in [1.29, 1.82) is 0 Å². The summed E-state index contributed by atoms with van der Waals surface area (Å²) in [5.41, 5.74) is 1.31. The summed E-state index contributed by atoms with van der Waals surface area (Å²) in [6.07, 6.45) is 2.08. The molecule has 100 valence electrons. The molecule has 0 saturated carbocycles. The zero-order chi connectivity index (χ0) is 13.5. The molecule has 19 heavy (non-hydrogen) atoms. The first kappa shape index (κ1) is 14.5. The average Bonchev–Trinajstić information content (AvgIpc) is 2.49. The van der Waals surface area contributed by atoms with Crippen LogP contribution in [-0.2, 0) is 0 Å². The van der Waals surface area contributed by atoms with Crippen molar-refractivity contribution in [3.8, 4) is 5.75 Å². The molecule has 3 heteroatoms. The second-order valence-electron chi connectivity index (χ2n) is 4.25. The van der Waals surface area contributed by atoms with Crippen LogP contribution in [0.4, 0.5) is 0 Å². The summed E-state index contributed by atoms with van der Waals surface area (Å²) >= 11 is 5.31. The van der Waals surface area contributed by atoms with E-state index in [9.17, 15) is 0 Å². The smallest absolute Gasteiger partial charge is 0.119 e. The third kappa shape index (κ3) is 4.29. The van der Waals surface area contributed by atoms with Crippen molar-refractivity contribution in [3.05, 3.63) is 60.2 Å². The Balaban J connectivity index is 1.96. The fourth-order valence-corrected chi connectivity index (χ4v) is 2.79. The molecule has 0 spiro atoms. The molecule has 0 fully saturated rings. The van der Waals surface area contributed by atoms with Gasteiger partial charge in [-0.25, -0.2) is 0 Å². The summed E-state index contributed by atoms with van der Waals surface area (Å²) < 4.78 is 5.87. The molecular formula is C16H17BrOS. The number of alkyl halides is 1. The van der Waals surface area contributed by atoms with Gasteiger partial charge in [0, 0.05) is 16.1 Å². The maximum atomic E-state index is 5.87. The van der Waals surface area contributed by atoms with E-state index < -0.39 is 0 Å². The van der Waals surface area contributed by atoms with Gasteiger partial charge in [0.1, 0.15) is 5.75 Å². The standard InChI is InChI=1S/C16H17BrOS/c1-19-16-9-7-15(8-10-16)18-12-14(11-17)13-5-3-2-4-6-13/h2-10,14H,11-12H2,1H3. The van der Waals surface area contributed by atoms with Crippen LogP contribution < -0.4 is 4.74 Å². The van der Waals surface area contributed by atoms with Crippen molar-refractivity contribution >= 4 is 27.7 Å². The number of hydrogen-bond donors (Lipinski definition) is 0. The van der Waals surface area contributed by atoms with E-state index in [-0.39, 0.29) is 0 Å². The van der Waals surface area contributed by atoms with Crippen LogP contribution in [0.3, 0.4) is 0 Å². The van der Waals surface area contributed by atoms with E-state index >= 15 is 0 Å². The van der Waals surface area contributed by atoms with E-state index in [1.165, 1.54) is 10.5 Å². The monoisotopic (exact) mass is 336 g/mol. The second-order valence-corrected chi connectivity index (χ2v) is 5.78. The molecule has 0 heterocycles. The first-order chi connectivity index (χ1) is 9.33. The van der Waals surface area contributed by atoms with E-state index in [1.54, 1.807) is 11.8 Å². The summed E-state index contributed by atoms with van der Waals surface area (Å²) in [7, 11) is 0. The Morgan fingerprint density at radius 3 is 2.32 bits per heavy atom. The predicted octanol–water partition coefficient (Wildman–Crippen LogP) is 4.97. The van der Waals surface area contributed by atoms with Gasteiger partial charge in [-0.1, -0.05) is 46.3 Å². The van der Waals surface area contributed by atoms with Crippen LogP contribution in [0.5, 0.6) is 5.75 Å². The topological polar surface area (TPSA) is 9.23 Å². The van der Waals surface area contributed by atoms with Crippen LogP contribution in [0.25, 0.3) is 0 Å². The molecule has 0 aliphatic rings. The number of ether oxygens (including phenoxy) is 1. The van der Waals surface area contributed by atoms with Gasteiger partial charge in [-0.15, -0.1) is 11.8 Å². The Kier molecular flexibility index (Phi) is 5.80. The van der Waals surface area contributed by atoms with E-state index in [0.717, 1.165) is 11.1 Å². The third-order valence-electron chi connectivity index (χ3n) is 2.97. The minimum Gasteiger partial charge on any atom is -0.493 e. The van der Waals surface area contributed by atoms with Crippen molar-refractivity contribution in [2.45, 2.75) is 10.8 Å². The summed E-state index contributed by atoms with van der Waals surface area (Å²) in [6, 6.07) is 18.7. The molecule has 0 amide bonds. The molecule has 0 saturated heterocycles. The van der Waals surface area contributed by atoms with Crippen LogP contribution >= 0.6 is 27.7 Å². The van der Waals surface area contributed by atoms with Crippen molar-refractivity contribution < 1.29 is 4.74 Å². The van der Waals surface area contributed by atoms with Gasteiger partial charge in [0.25, 0.3) is 0 Å². The van der Waals surface area contributed by atoms with Crippen LogP contribution in [0.2, 0.25) is 0 Å². The van der Waals surface area contributed by atoms with Crippen LogP contribution in [0, 0.1) is 0 Å². The lowest BCUT2D eigenvalue weighted by molar-refractivity contribution is 0.298. The molecule has 1 unspecified atom stereocenters. The molecule has 1 atom stereocenters. The van der Waals surface area contributed by atoms with Gasteiger partial charge in [-0.05, 0) is 36.1 Å². The molecule has 0 aliphatic carbocycles. The lowest BCUT2D eigenvalue weighted by Crippen LogP contribution is -2.11. The van der Waals surface area contributed by atoms with E-state index in [2.05, 4.69) is 58.6 Å². The molecule has 0 aliphatic heterocycles. The fourth-order valence-electron chi connectivity index (χ4n) is 1.82. The lowest BCUT2D eigenvalue weighted by Gasteiger charge is -2.15. The number of halogens is 1. The van der Waals surface area contributed by atoms with Crippen molar-refractivity contribution in [2.75, 3.05) is 18.2 Å². The molecule has 0 bridgehead atoms. The van der Waals surface area contributed by atoms with Gasteiger partial charge in [-0.2, -0.15) is 0 Å². The quantitative estimate of drug-likeness (QED) is 0.544. The van der Waals surface area contributed by atoms with Crippen molar-refractivity contribution in [2.24, 2.45) is 0 Å². The van der Waals surface area contributed by atoms with Crippen molar-refractivity contribution in [3.63, 3.8) is 0 Å². The molecule has 1 nitrogen and oxygen atoms in total. The highest BCUT2D eigenvalue weighted by molar-refractivity contribution is 9.09. The molecule has 2 aromatic rings. The first-order valence-corrected chi connectivity index (χ1v) is 8.56. The third-order valence-corrected chi connectivity index (χ3v) is 4.49. The Hall–Kier alpha value is -0.930. The highest BCUT2D eigenvalue weighted by atomic mass is 79.9. The van der Waals surface area contributed by atoms with Crippen LogP contribution in [0.15, 0.2) is 59.5 Å². The molecule has 2 rings (SSSR count). The fraction of sp³-hybridized carbons (Fsp3) is 0.250. The van der Waals surface area contributed by atoms with Crippen LogP contribution in [-0.4, -0.2) is 18.2 Å². The number of benzene rings is 2. The molecule has 2 aromatic carbocycles. The Bertz CT molecular complexity index is 484. The Labute approximate surface area is 127 Å². The van der Waals surface area contributed by atoms with Gasteiger partial charge in [0.15, 0.2) is 0 Å². The maximum absolute atomic E-state index is 5.87. The lowest BCUT2D eigenvalue weighted by atomic mass is 10.0. The summed E-state index contributed by atoms with van der Waals surface area (Å²) in [5, 5.41) is 0.903. The summed E-state index contributed by atoms with van der Waals surface area (Å²) in [6.45, 7) is 0.688. The normalized spacial score (nSPS) is 12.1. The highest BCUT2D eigenvalue weighted by Gasteiger charge is 2.10. The van der Waals surface area contributed by atoms with Gasteiger partial charge < -0.3 is 4.74 Å². The van der Waals surface area contributed by atoms with Gasteiger partial charge in [0.05, 0.1) is 6.61 Å². The average molecular weight is 337 g/mol. The highest BCUT2D eigenvalue weighted by Crippen LogP contribution is 2.22. The largest absolute Gasteiger partial charge is 0.493 e. The first-order valence-electron chi connectivity index (χ1n) is 6.21.